The van der Waals surface area contributed by atoms with Crippen molar-refractivity contribution in [1.82, 2.24) is 9.78 Å². The van der Waals surface area contributed by atoms with Crippen molar-refractivity contribution in [3.8, 4) is 5.75 Å². The number of methoxy groups -OCH3 is 1. The Morgan fingerprint density at radius 3 is 2.56 bits per heavy atom. The Morgan fingerprint density at radius 1 is 1.33 bits per heavy atom. The van der Waals surface area contributed by atoms with Crippen molar-refractivity contribution in [3.63, 3.8) is 0 Å². The molecule has 1 unspecified atom stereocenters. The predicted octanol–water partition coefficient (Wildman–Crippen LogP) is 3.04. The van der Waals surface area contributed by atoms with Crippen LogP contribution in [0, 0.1) is 0 Å². The van der Waals surface area contributed by atoms with Crippen molar-refractivity contribution >= 4 is 31.9 Å². The molecule has 1 aromatic heterocycles. The third-order valence-electron chi connectivity index (χ3n) is 2.69. The molecule has 0 saturated heterocycles. The van der Waals surface area contributed by atoms with Gasteiger partial charge in [-0.3, -0.25) is 4.68 Å². The quantitative estimate of drug-likeness (QED) is 0.896. The molecule has 1 N–H and O–H groups in total. The van der Waals surface area contributed by atoms with E-state index in [4.69, 9.17) is 4.74 Å². The fourth-order valence-corrected chi connectivity index (χ4v) is 2.86. The zero-order chi connectivity index (χ0) is 13.3. The zero-order valence-electron chi connectivity index (χ0n) is 9.89. The zero-order valence-corrected chi connectivity index (χ0v) is 13.1. The van der Waals surface area contributed by atoms with Gasteiger partial charge in [0, 0.05) is 7.05 Å². The van der Waals surface area contributed by atoms with Crippen molar-refractivity contribution in [3.05, 3.63) is 44.6 Å². The van der Waals surface area contributed by atoms with Crippen molar-refractivity contribution in [2.75, 3.05) is 7.11 Å². The molecule has 6 heteroatoms. The molecule has 0 spiro atoms. The van der Waals surface area contributed by atoms with Gasteiger partial charge in [0.2, 0.25) is 0 Å². The summed E-state index contributed by atoms with van der Waals surface area (Å²) in [6, 6.07) is 5.48. The topological polar surface area (TPSA) is 47.3 Å². The molecule has 18 heavy (non-hydrogen) atoms. The first-order chi connectivity index (χ1) is 8.54. The molecule has 4 nitrogen and oxygen atoms in total. The number of aliphatic hydroxyl groups excluding tert-OH is 1. The minimum Gasteiger partial charge on any atom is -0.496 e. The molecule has 0 aliphatic carbocycles. The molecule has 0 amide bonds. The third kappa shape index (κ3) is 2.46. The number of halogens is 2. The largest absolute Gasteiger partial charge is 0.496 e. The molecule has 1 atom stereocenters. The number of aliphatic hydroxyl groups is 1. The standard InChI is InChI=1S/C12H12Br2N2O2/c1-16-11(9(14)6-15-16)12(17)7-3-4-10(18-2)8(13)5-7/h3-6,12,17H,1-2H3. The summed E-state index contributed by atoms with van der Waals surface area (Å²) < 4.78 is 8.40. The van der Waals surface area contributed by atoms with Gasteiger partial charge >= 0.3 is 0 Å². The van der Waals surface area contributed by atoms with Gasteiger partial charge in [-0.15, -0.1) is 0 Å². The van der Waals surface area contributed by atoms with Crippen LogP contribution in [0.1, 0.15) is 17.4 Å². The van der Waals surface area contributed by atoms with Crippen molar-refractivity contribution < 1.29 is 9.84 Å². The Morgan fingerprint density at radius 2 is 2.06 bits per heavy atom. The van der Waals surface area contributed by atoms with Crippen LogP contribution < -0.4 is 4.74 Å². The van der Waals surface area contributed by atoms with E-state index in [1.807, 2.05) is 18.2 Å². The molecule has 0 aliphatic heterocycles. The Balaban J connectivity index is 2.40. The Bertz CT molecular complexity index is 550. The van der Waals surface area contributed by atoms with E-state index >= 15 is 0 Å². The third-order valence-corrected chi connectivity index (χ3v) is 3.92. The Labute approximate surface area is 122 Å². The van der Waals surface area contributed by atoms with Gasteiger partial charge in [0.1, 0.15) is 11.9 Å². The first-order valence-corrected chi connectivity index (χ1v) is 6.82. The summed E-state index contributed by atoms with van der Waals surface area (Å²) in [4.78, 5) is 0. The highest BCUT2D eigenvalue weighted by atomic mass is 79.9. The molecular formula is C12H12Br2N2O2. The molecule has 0 aliphatic rings. The maximum Gasteiger partial charge on any atom is 0.133 e. The highest BCUT2D eigenvalue weighted by Crippen LogP contribution is 2.32. The van der Waals surface area contributed by atoms with Crippen LogP contribution in [-0.2, 0) is 7.05 Å². The van der Waals surface area contributed by atoms with E-state index < -0.39 is 6.10 Å². The minimum absolute atomic E-state index is 0.715. The number of nitrogens with zero attached hydrogens (tertiary/aromatic N) is 2. The van der Waals surface area contributed by atoms with Crippen LogP contribution in [0.2, 0.25) is 0 Å². The van der Waals surface area contributed by atoms with Gasteiger partial charge in [-0.2, -0.15) is 5.10 Å². The molecule has 0 bridgehead atoms. The number of aryl methyl sites for hydroxylation is 1. The second-order valence-corrected chi connectivity index (χ2v) is 5.51. The van der Waals surface area contributed by atoms with E-state index in [0.29, 0.717) is 5.69 Å². The van der Waals surface area contributed by atoms with Crippen molar-refractivity contribution in [2.24, 2.45) is 7.05 Å². The summed E-state index contributed by atoms with van der Waals surface area (Å²) in [5.74, 6) is 0.732. The average Bonchev–Trinajstić information content (AvgIpc) is 2.68. The molecule has 0 saturated carbocycles. The van der Waals surface area contributed by atoms with Crippen LogP contribution in [-0.4, -0.2) is 22.0 Å². The molecule has 1 heterocycles. The van der Waals surface area contributed by atoms with Crippen LogP contribution in [0.3, 0.4) is 0 Å². The van der Waals surface area contributed by atoms with Gasteiger partial charge in [-0.05, 0) is 49.6 Å². The monoisotopic (exact) mass is 374 g/mol. The van der Waals surface area contributed by atoms with Crippen LogP contribution in [0.5, 0.6) is 5.75 Å². The number of hydrogen-bond donors (Lipinski definition) is 1. The first-order valence-electron chi connectivity index (χ1n) is 5.23. The lowest BCUT2D eigenvalue weighted by molar-refractivity contribution is 0.209. The maximum absolute atomic E-state index is 10.4. The van der Waals surface area contributed by atoms with Gasteiger partial charge in [0.15, 0.2) is 0 Å². The summed E-state index contributed by atoms with van der Waals surface area (Å²) in [6.45, 7) is 0. The van der Waals surface area contributed by atoms with Crippen molar-refractivity contribution in [2.45, 2.75) is 6.10 Å². The molecule has 2 rings (SSSR count). The van der Waals surface area contributed by atoms with E-state index in [1.165, 1.54) is 0 Å². The number of benzene rings is 1. The van der Waals surface area contributed by atoms with E-state index in [-0.39, 0.29) is 0 Å². The SMILES string of the molecule is COc1ccc(C(O)c2c(Br)cnn2C)cc1Br. The average molecular weight is 376 g/mol. The molecule has 2 aromatic rings. The molecular weight excluding hydrogens is 364 g/mol. The van der Waals surface area contributed by atoms with Crippen LogP contribution in [0.4, 0.5) is 0 Å². The van der Waals surface area contributed by atoms with Crippen LogP contribution >= 0.6 is 31.9 Å². The van der Waals surface area contributed by atoms with E-state index in [1.54, 1.807) is 25.0 Å². The summed E-state index contributed by atoms with van der Waals surface area (Å²) in [5, 5.41) is 14.5. The lowest BCUT2D eigenvalue weighted by atomic mass is 10.1. The number of ether oxygens (including phenoxy) is 1. The smallest absolute Gasteiger partial charge is 0.133 e. The second kappa shape index (κ2) is 5.42. The number of rotatable bonds is 3. The number of aromatic nitrogens is 2. The maximum atomic E-state index is 10.4. The lowest BCUT2D eigenvalue weighted by Gasteiger charge is -2.14. The highest BCUT2D eigenvalue weighted by molar-refractivity contribution is 9.10. The van der Waals surface area contributed by atoms with E-state index in [9.17, 15) is 5.11 Å². The fraction of sp³-hybridized carbons (Fsp3) is 0.250. The Hall–Kier alpha value is -0.850. The normalized spacial score (nSPS) is 12.5. The summed E-state index contributed by atoms with van der Waals surface area (Å²) in [5.41, 5.74) is 1.49. The summed E-state index contributed by atoms with van der Waals surface area (Å²) in [6.07, 6.45) is 0.922. The van der Waals surface area contributed by atoms with Gasteiger partial charge in [0.05, 0.1) is 27.9 Å². The fourth-order valence-electron chi connectivity index (χ4n) is 1.74. The molecule has 1 aromatic carbocycles. The van der Waals surface area contributed by atoms with Crippen LogP contribution in [0.15, 0.2) is 33.3 Å². The minimum atomic E-state index is -0.742. The summed E-state index contributed by atoms with van der Waals surface area (Å²) >= 11 is 6.79. The predicted molar refractivity (Wildman–Crippen MR) is 75.7 cm³/mol. The van der Waals surface area contributed by atoms with Crippen LogP contribution in [0.25, 0.3) is 0 Å². The van der Waals surface area contributed by atoms with Gasteiger partial charge in [0.25, 0.3) is 0 Å². The highest BCUT2D eigenvalue weighted by Gasteiger charge is 2.19. The second-order valence-electron chi connectivity index (χ2n) is 3.80. The summed E-state index contributed by atoms with van der Waals surface area (Å²) in [7, 11) is 3.40. The Kier molecular flexibility index (Phi) is 4.09. The molecule has 0 fully saturated rings. The van der Waals surface area contributed by atoms with Crippen molar-refractivity contribution in [1.29, 1.82) is 0 Å². The van der Waals surface area contributed by atoms with Gasteiger partial charge < -0.3 is 9.84 Å². The van der Waals surface area contributed by atoms with E-state index in [2.05, 4.69) is 37.0 Å². The van der Waals surface area contributed by atoms with Gasteiger partial charge in [-0.1, -0.05) is 6.07 Å². The number of hydrogen-bond acceptors (Lipinski definition) is 3. The first kappa shape index (κ1) is 13.6. The lowest BCUT2D eigenvalue weighted by Crippen LogP contribution is -2.07. The molecule has 0 radical (unpaired) electrons. The van der Waals surface area contributed by atoms with Gasteiger partial charge in [-0.25, -0.2) is 0 Å². The molecule has 96 valence electrons. The van der Waals surface area contributed by atoms with E-state index in [0.717, 1.165) is 20.3 Å².